The predicted octanol–water partition coefficient (Wildman–Crippen LogP) is 5.48. The molecule has 0 saturated heterocycles. The van der Waals surface area contributed by atoms with Gasteiger partial charge in [-0.15, -0.1) is 0 Å². The number of hydrogen-bond acceptors (Lipinski definition) is 3. The van der Waals surface area contributed by atoms with E-state index in [2.05, 4.69) is 61.9 Å². The molecule has 0 saturated carbocycles. The van der Waals surface area contributed by atoms with Crippen LogP contribution in [0.25, 0.3) is 12.2 Å². The standard InChI is InChI=1S/C25H32N2S/c1-7-13-14-17-22(11-5)20-27(19-18-21(10-4)15-8-2)25-26-23(16-9-3)24(12-6)28-25/h7-17H,1,3,5,18-20H2,2,4,6H3/b14-13-,15-8-,21-10+,22-17+,23-16+,24-12+. The van der Waals surface area contributed by atoms with Crippen LogP contribution in [-0.4, -0.2) is 18.1 Å². The molecule has 0 aromatic carbocycles. The number of allylic oxidation sites excluding steroid dienone is 8. The molecule has 1 rings (SSSR count). The zero-order valence-corrected chi connectivity index (χ0v) is 18.2. The van der Waals surface area contributed by atoms with Crippen LogP contribution in [-0.2, 0) is 0 Å². The van der Waals surface area contributed by atoms with Gasteiger partial charge in [0.15, 0.2) is 5.13 Å². The van der Waals surface area contributed by atoms with Crippen LogP contribution >= 0.6 is 11.3 Å². The molecule has 2 nitrogen and oxygen atoms in total. The number of nitrogens with zero attached hydrogens (tertiary/aromatic N) is 2. The van der Waals surface area contributed by atoms with E-state index in [0.717, 1.165) is 40.1 Å². The molecule has 0 atom stereocenters. The summed E-state index contributed by atoms with van der Waals surface area (Å²) in [7, 11) is 0. The molecule has 0 amide bonds. The number of anilines is 1. The average molecular weight is 393 g/mol. The maximum Gasteiger partial charge on any atom is 0.186 e. The second-order valence-electron chi connectivity index (χ2n) is 6.04. The Morgan fingerprint density at radius 3 is 2.43 bits per heavy atom. The number of thiazole rings is 1. The molecule has 1 heterocycles. The van der Waals surface area contributed by atoms with Crippen molar-refractivity contribution in [2.75, 3.05) is 18.0 Å². The van der Waals surface area contributed by atoms with Crippen molar-refractivity contribution in [3.63, 3.8) is 0 Å². The summed E-state index contributed by atoms with van der Waals surface area (Å²) >= 11 is 1.71. The third-order valence-electron chi connectivity index (χ3n) is 4.09. The van der Waals surface area contributed by atoms with E-state index in [0.29, 0.717) is 0 Å². The first-order valence-electron chi connectivity index (χ1n) is 9.52. The van der Waals surface area contributed by atoms with E-state index in [9.17, 15) is 0 Å². The second kappa shape index (κ2) is 13.5. The van der Waals surface area contributed by atoms with E-state index >= 15 is 0 Å². The molecule has 3 heteroatoms. The van der Waals surface area contributed by atoms with Gasteiger partial charge in [-0.3, -0.25) is 0 Å². The quantitative estimate of drug-likeness (QED) is 0.463. The minimum Gasteiger partial charge on any atom is -0.343 e. The van der Waals surface area contributed by atoms with Gasteiger partial charge in [0.2, 0.25) is 0 Å². The monoisotopic (exact) mass is 392 g/mol. The van der Waals surface area contributed by atoms with Crippen molar-refractivity contribution >= 4 is 28.6 Å². The van der Waals surface area contributed by atoms with Crippen LogP contribution in [0.15, 0.2) is 85.6 Å². The highest BCUT2D eigenvalue weighted by molar-refractivity contribution is 7.13. The van der Waals surface area contributed by atoms with Crippen LogP contribution in [0.1, 0.15) is 27.2 Å². The van der Waals surface area contributed by atoms with Crippen molar-refractivity contribution in [3.8, 4) is 0 Å². The van der Waals surface area contributed by atoms with Gasteiger partial charge >= 0.3 is 0 Å². The maximum atomic E-state index is 4.86. The second-order valence-corrected chi connectivity index (χ2v) is 7.05. The molecular weight excluding hydrogens is 360 g/mol. The zero-order chi connectivity index (χ0) is 20.8. The zero-order valence-electron chi connectivity index (χ0n) is 17.4. The molecule has 1 aromatic heterocycles. The van der Waals surface area contributed by atoms with Crippen LogP contribution in [0.3, 0.4) is 0 Å². The lowest BCUT2D eigenvalue weighted by atomic mass is 10.1. The van der Waals surface area contributed by atoms with Crippen molar-refractivity contribution in [1.29, 1.82) is 0 Å². The first-order valence-corrected chi connectivity index (χ1v) is 10.3. The highest BCUT2D eigenvalue weighted by Gasteiger charge is 2.12. The number of rotatable bonds is 11. The number of hydrogen-bond donors (Lipinski definition) is 0. The van der Waals surface area contributed by atoms with Gasteiger partial charge in [-0.2, -0.15) is 0 Å². The van der Waals surface area contributed by atoms with Crippen LogP contribution in [0.2, 0.25) is 0 Å². The van der Waals surface area contributed by atoms with Gasteiger partial charge in [0.25, 0.3) is 0 Å². The van der Waals surface area contributed by atoms with Crippen molar-refractivity contribution in [2.24, 2.45) is 0 Å². The lowest BCUT2D eigenvalue weighted by molar-refractivity contribution is 0.820. The summed E-state index contributed by atoms with van der Waals surface area (Å²) in [6.07, 6.45) is 22.9. The lowest BCUT2D eigenvalue weighted by Crippen LogP contribution is -2.27. The molecule has 0 aliphatic rings. The average Bonchev–Trinajstić information content (AvgIpc) is 3.12. The Morgan fingerprint density at radius 2 is 1.86 bits per heavy atom. The van der Waals surface area contributed by atoms with Crippen LogP contribution in [0.4, 0.5) is 5.13 Å². The minimum absolute atomic E-state index is 0.752. The maximum absolute atomic E-state index is 4.86. The highest BCUT2D eigenvalue weighted by Crippen LogP contribution is 2.17. The Balaban J connectivity index is 3.27. The molecule has 1 aromatic rings. The fourth-order valence-electron chi connectivity index (χ4n) is 2.61. The number of aromatic nitrogens is 1. The van der Waals surface area contributed by atoms with Crippen molar-refractivity contribution in [2.45, 2.75) is 27.2 Å². The molecular formula is C25H32N2S. The Kier molecular flexibility index (Phi) is 11.3. The first-order chi connectivity index (χ1) is 13.6. The molecule has 0 spiro atoms. The van der Waals surface area contributed by atoms with E-state index in [1.165, 1.54) is 5.57 Å². The van der Waals surface area contributed by atoms with Gasteiger partial charge in [-0.05, 0) is 38.8 Å². The van der Waals surface area contributed by atoms with Crippen LogP contribution in [0, 0.1) is 0 Å². The molecule has 0 aliphatic heterocycles. The minimum atomic E-state index is 0.752. The molecule has 148 valence electrons. The third-order valence-corrected chi connectivity index (χ3v) is 5.29. The van der Waals surface area contributed by atoms with Gasteiger partial charge in [-0.1, -0.05) is 97.4 Å². The van der Waals surface area contributed by atoms with E-state index in [1.807, 2.05) is 38.2 Å². The van der Waals surface area contributed by atoms with Crippen molar-refractivity contribution < 1.29 is 0 Å². The third kappa shape index (κ3) is 7.53. The fraction of sp³-hybridized carbons (Fsp3) is 0.240. The van der Waals surface area contributed by atoms with Gasteiger partial charge in [0.1, 0.15) is 0 Å². The molecule has 28 heavy (non-hydrogen) atoms. The topological polar surface area (TPSA) is 16.1 Å². The molecule has 0 fully saturated rings. The molecule has 0 bridgehead atoms. The Bertz CT molecular complexity index is 891. The predicted molar refractivity (Wildman–Crippen MR) is 129 cm³/mol. The summed E-state index contributed by atoms with van der Waals surface area (Å²) in [4.78, 5) is 7.18. The fourth-order valence-corrected chi connectivity index (χ4v) is 3.57. The Labute approximate surface area is 174 Å². The van der Waals surface area contributed by atoms with Gasteiger partial charge in [0.05, 0.1) is 9.88 Å². The molecule has 0 N–H and O–H groups in total. The van der Waals surface area contributed by atoms with Gasteiger partial charge < -0.3 is 4.90 Å². The van der Waals surface area contributed by atoms with Gasteiger partial charge in [0, 0.05) is 13.1 Å². The SMILES string of the molecule is C=C/C=C\C=C(/C=C)CN(CCC(/C=C\C)=C/C)c1nc(=C/C=C)/c(=C\C)s1. The van der Waals surface area contributed by atoms with Gasteiger partial charge in [-0.25, -0.2) is 4.98 Å². The van der Waals surface area contributed by atoms with E-state index in [4.69, 9.17) is 4.98 Å². The summed E-state index contributed by atoms with van der Waals surface area (Å²) in [5.41, 5.74) is 2.46. The smallest absolute Gasteiger partial charge is 0.186 e. The molecule has 0 unspecified atom stereocenters. The van der Waals surface area contributed by atoms with Crippen LogP contribution in [0.5, 0.6) is 0 Å². The van der Waals surface area contributed by atoms with E-state index in [-0.39, 0.29) is 0 Å². The summed E-state index contributed by atoms with van der Waals surface area (Å²) < 4.78 is 1.16. The first kappa shape index (κ1) is 23.4. The molecule has 0 radical (unpaired) electrons. The summed E-state index contributed by atoms with van der Waals surface area (Å²) in [5, 5.41) is 1.98. The highest BCUT2D eigenvalue weighted by atomic mass is 32.1. The summed E-state index contributed by atoms with van der Waals surface area (Å²) in [6.45, 7) is 19.3. The van der Waals surface area contributed by atoms with Crippen molar-refractivity contribution in [3.05, 3.63) is 95.4 Å². The Morgan fingerprint density at radius 1 is 1.07 bits per heavy atom. The molecule has 0 aliphatic carbocycles. The van der Waals surface area contributed by atoms with Crippen LogP contribution < -0.4 is 14.8 Å². The summed E-state index contributed by atoms with van der Waals surface area (Å²) in [6, 6.07) is 0. The Hall–Kier alpha value is -2.65. The van der Waals surface area contributed by atoms with E-state index < -0.39 is 0 Å². The largest absolute Gasteiger partial charge is 0.343 e. The van der Waals surface area contributed by atoms with Crippen molar-refractivity contribution in [1.82, 2.24) is 4.98 Å². The lowest BCUT2D eigenvalue weighted by Gasteiger charge is -2.22. The summed E-state index contributed by atoms with van der Waals surface area (Å²) in [5.74, 6) is 0. The van der Waals surface area contributed by atoms with E-state index in [1.54, 1.807) is 23.5 Å². The normalized spacial score (nSPS) is 14.2.